The molecule has 0 bridgehead atoms. The van der Waals surface area contributed by atoms with E-state index >= 15 is 0 Å². The van der Waals surface area contributed by atoms with Crippen molar-refractivity contribution < 1.29 is 13.3 Å². The van der Waals surface area contributed by atoms with E-state index in [0.717, 1.165) is 5.56 Å². The summed E-state index contributed by atoms with van der Waals surface area (Å²) in [7, 11) is 0. The van der Waals surface area contributed by atoms with Crippen LogP contribution in [0.25, 0.3) is 0 Å². The van der Waals surface area contributed by atoms with Crippen LogP contribution in [0.4, 0.5) is 5.82 Å². The van der Waals surface area contributed by atoms with Crippen LogP contribution in [-0.4, -0.2) is 13.9 Å². The molecule has 1 heterocycles. The van der Waals surface area contributed by atoms with Gasteiger partial charge in [-0.2, -0.15) is 0 Å². The molecule has 0 fully saturated rings. The number of rotatable bonds is 2. The molecule has 0 aliphatic heterocycles. The van der Waals surface area contributed by atoms with Crippen LogP contribution >= 0.6 is 0 Å². The van der Waals surface area contributed by atoms with E-state index in [1.807, 2.05) is 0 Å². The molecule has 0 radical (unpaired) electrons. The lowest BCUT2D eigenvalue weighted by Crippen LogP contribution is -2.02. The summed E-state index contributed by atoms with van der Waals surface area (Å²) in [6, 6.07) is 0. The maximum absolute atomic E-state index is 10.2. The van der Waals surface area contributed by atoms with Crippen molar-refractivity contribution in [1.29, 1.82) is 0 Å². The van der Waals surface area contributed by atoms with E-state index < -0.39 is 11.3 Å². The molecule has 0 aliphatic carbocycles. The van der Waals surface area contributed by atoms with Gasteiger partial charge in [0.25, 0.3) is 11.3 Å². The van der Waals surface area contributed by atoms with E-state index in [9.17, 15) is 4.21 Å². The Bertz CT molecular complexity index is 283. The highest BCUT2D eigenvalue weighted by Crippen LogP contribution is 2.16. The van der Waals surface area contributed by atoms with Crippen LogP contribution in [0.3, 0.4) is 0 Å². The third-order valence-corrected chi connectivity index (χ3v) is 1.71. The third kappa shape index (κ3) is 1.78. The lowest BCUT2D eigenvalue weighted by molar-refractivity contribution is 0.399. The molecule has 1 rings (SSSR count). The lowest BCUT2D eigenvalue weighted by atomic mass is 10.3. The van der Waals surface area contributed by atoms with Crippen LogP contribution in [-0.2, 0) is 11.3 Å². The minimum atomic E-state index is -2.09. The number of aromatic nitrogens is 1. The summed E-state index contributed by atoms with van der Waals surface area (Å²) in [5.74, 6) is 0.946. The average molecular weight is 176 g/mol. The smallest absolute Gasteiger partial charge is 0.260 e. The van der Waals surface area contributed by atoms with Crippen molar-refractivity contribution in [1.82, 2.24) is 5.16 Å². The Hall–Kier alpha value is -0.880. The lowest BCUT2D eigenvalue weighted by Gasteiger charge is -1.93. The Labute approximate surface area is 66.2 Å². The van der Waals surface area contributed by atoms with Crippen molar-refractivity contribution in [3.05, 3.63) is 11.3 Å². The molecule has 5 nitrogen and oxygen atoms in total. The number of nitrogens with one attached hydrogen (secondary N) is 1. The van der Waals surface area contributed by atoms with E-state index in [1.54, 1.807) is 13.8 Å². The molecule has 0 aliphatic rings. The predicted molar refractivity (Wildman–Crippen MR) is 40.4 cm³/mol. The van der Waals surface area contributed by atoms with Gasteiger partial charge in [0.1, 0.15) is 5.76 Å². The largest absolute Gasteiger partial charge is 0.359 e. The number of anilines is 1. The zero-order valence-electron chi connectivity index (χ0n) is 6.12. The average Bonchev–Trinajstić information content (AvgIpc) is 2.18. The zero-order valence-corrected chi connectivity index (χ0v) is 6.94. The van der Waals surface area contributed by atoms with E-state index in [2.05, 4.69) is 9.88 Å². The van der Waals surface area contributed by atoms with Gasteiger partial charge >= 0.3 is 0 Å². The van der Waals surface area contributed by atoms with Gasteiger partial charge in [-0.05, 0) is 13.8 Å². The second kappa shape index (κ2) is 3.02. The van der Waals surface area contributed by atoms with Gasteiger partial charge in [0.05, 0.1) is 0 Å². The molecule has 1 unspecified atom stereocenters. The van der Waals surface area contributed by atoms with Gasteiger partial charge in [-0.1, -0.05) is 5.16 Å². The first kappa shape index (κ1) is 8.22. The molecule has 0 aromatic carbocycles. The molecule has 0 saturated carbocycles. The van der Waals surface area contributed by atoms with Gasteiger partial charge in [-0.25, -0.2) is 4.21 Å². The molecular weight excluding hydrogens is 168 g/mol. The highest BCUT2D eigenvalue weighted by Gasteiger charge is 2.08. The van der Waals surface area contributed by atoms with Crippen LogP contribution in [0.15, 0.2) is 4.52 Å². The van der Waals surface area contributed by atoms with Crippen LogP contribution in [0.1, 0.15) is 11.3 Å². The second-order valence-corrected chi connectivity index (χ2v) is 2.77. The second-order valence-electron chi connectivity index (χ2n) is 2.06. The summed E-state index contributed by atoms with van der Waals surface area (Å²) in [6.07, 6.45) is 0. The Balaban J connectivity index is 2.87. The van der Waals surface area contributed by atoms with E-state index in [4.69, 9.17) is 9.08 Å². The molecule has 11 heavy (non-hydrogen) atoms. The summed E-state index contributed by atoms with van der Waals surface area (Å²) in [5, 5.41) is 3.52. The maximum atomic E-state index is 10.2. The Morgan fingerprint density at radius 2 is 2.27 bits per heavy atom. The number of nitrogens with zero attached hydrogens (tertiary/aromatic N) is 1. The van der Waals surface area contributed by atoms with Gasteiger partial charge < -0.3 is 4.52 Å². The minimum Gasteiger partial charge on any atom is -0.359 e. The monoisotopic (exact) mass is 176 g/mol. The highest BCUT2D eigenvalue weighted by molar-refractivity contribution is 7.80. The first-order chi connectivity index (χ1) is 5.11. The van der Waals surface area contributed by atoms with Crippen molar-refractivity contribution in [3.63, 3.8) is 0 Å². The van der Waals surface area contributed by atoms with Crippen molar-refractivity contribution in [3.8, 4) is 0 Å². The fourth-order valence-electron chi connectivity index (χ4n) is 0.596. The van der Waals surface area contributed by atoms with Crippen molar-refractivity contribution in [2.24, 2.45) is 0 Å². The van der Waals surface area contributed by atoms with Gasteiger partial charge in [-0.15, -0.1) is 0 Å². The molecule has 2 N–H and O–H groups in total. The molecule has 1 aromatic heterocycles. The molecule has 0 saturated heterocycles. The zero-order chi connectivity index (χ0) is 8.43. The maximum Gasteiger partial charge on any atom is 0.260 e. The molecule has 62 valence electrons. The fourth-order valence-corrected chi connectivity index (χ4v) is 0.951. The third-order valence-electron chi connectivity index (χ3n) is 1.34. The topological polar surface area (TPSA) is 75.4 Å². The van der Waals surface area contributed by atoms with E-state index in [-0.39, 0.29) is 0 Å². The summed E-state index contributed by atoms with van der Waals surface area (Å²) >= 11 is -2.09. The normalized spacial score (nSPS) is 13.0. The summed E-state index contributed by atoms with van der Waals surface area (Å²) in [5.41, 5.74) is 0.743. The summed E-state index contributed by atoms with van der Waals surface area (Å²) in [4.78, 5) is 0. The minimum absolute atomic E-state index is 0.309. The number of aryl methyl sites for hydroxylation is 1. The van der Waals surface area contributed by atoms with Crippen molar-refractivity contribution >= 4 is 17.1 Å². The number of hydrogen-bond donors (Lipinski definition) is 2. The summed E-state index contributed by atoms with van der Waals surface area (Å²) < 4.78 is 25.6. The van der Waals surface area contributed by atoms with E-state index in [1.165, 1.54) is 0 Å². The quantitative estimate of drug-likeness (QED) is 0.655. The van der Waals surface area contributed by atoms with Gasteiger partial charge in [0.2, 0.25) is 0 Å². The highest BCUT2D eigenvalue weighted by atomic mass is 32.2. The number of hydrogen-bond acceptors (Lipinski definition) is 3. The molecule has 1 atom stereocenters. The first-order valence-corrected chi connectivity index (χ1v) is 4.02. The Kier molecular flexibility index (Phi) is 2.25. The molecular formula is C5H8N2O3S. The van der Waals surface area contributed by atoms with Crippen LogP contribution in [0.5, 0.6) is 0 Å². The summed E-state index contributed by atoms with van der Waals surface area (Å²) in [6.45, 7) is 3.48. The van der Waals surface area contributed by atoms with Crippen molar-refractivity contribution in [2.45, 2.75) is 13.8 Å². The SMILES string of the molecule is Cc1onc(NS(=O)O)c1C. The van der Waals surface area contributed by atoms with Crippen LogP contribution in [0, 0.1) is 13.8 Å². The molecule has 1 aromatic rings. The fraction of sp³-hybridized carbons (Fsp3) is 0.400. The standard InChI is InChI=1S/C5H8N2O3S/c1-3-4(2)10-6-5(3)7-11(8)9/h1-2H3,(H,6,7)(H,8,9). The Morgan fingerprint density at radius 1 is 1.64 bits per heavy atom. The van der Waals surface area contributed by atoms with Gasteiger partial charge in [0.15, 0.2) is 5.82 Å². The van der Waals surface area contributed by atoms with Crippen LogP contribution < -0.4 is 4.72 Å². The van der Waals surface area contributed by atoms with Crippen LogP contribution in [0.2, 0.25) is 0 Å². The molecule has 6 heteroatoms. The van der Waals surface area contributed by atoms with Crippen molar-refractivity contribution in [2.75, 3.05) is 4.72 Å². The van der Waals surface area contributed by atoms with E-state index in [0.29, 0.717) is 11.6 Å². The van der Waals surface area contributed by atoms with Gasteiger partial charge in [0, 0.05) is 5.56 Å². The first-order valence-electron chi connectivity index (χ1n) is 2.91. The predicted octanol–water partition coefficient (Wildman–Crippen LogP) is 0.840. The molecule has 0 amide bonds. The molecule has 0 spiro atoms. The Morgan fingerprint density at radius 3 is 2.64 bits per heavy atom. The van der Waals surface area contributed by atoms with Gasteiger partial charge in [-0.3, -0.25) is 9.27 Å².